The number of anilines is 2. The molecule has 3 aromatic rings. The maximum atomic E-state index is 13.8. The number of benzene rings is 3. The highest BCUT2D eigenvalue weighted by Gasteiger charge is 2.30. The monoisotopic (exact) mass is 585 g/mol. The molecule has 1 heterocycles. The Bertz CT molecular complexity index is 1600. The normalized spacial score (nSPS) is 14.5. The number of hydrogen-bond donors (Lipinski definition) is 1. The second-order valence-electron chi connectivity index (χ2n) is 9.99. The zero-order chi connectivity index (χ0) is 29.1. The molecule has 0 unspecified atom stereocenters. The van der Waals surface area contributed by atoms with Crippen LogP contribution in [0.15, 0.2) is 70.5 Å². The van der Waals surface area contributed by atoms with Gasteiger partial charge in [-0.05, 0) is 75.6 Å². The highest BCUT2D eigenvalue weighted by atomic mass is 32.2. The maximum absolute atomic E-state index is 13.8. The zero-order valence-corrected chi connectivity index (χ0v) is 24.8. The standard InChI is InChI=1S/C29H35N3O6S2/c1-21-8-11-24(12-9-21)40(36,37)32(27-14-10-22(2)18-23(27)3)20-29(33)30-26-19-25(13-15-28(26)38-4)39(34,35)31-16-6-5-7-17-31/h8-15,18-19H,5-7,16-17,20H2,1-4H3,(H,30,33). The van der Waals surface area contributed by atoms with Crippen LogP contribution in [0.25, 0.3) is 0 Å². The fourth-order valence-electron chi connectivity index (χ4n) is 4.74. The minimum atomic E-state index is -4.12. The Kier molecular flexibility index (Phi) is 8.86. The molecule has 0 radical (unpaired) electrons. The van der Waals surface area contributed by atoms with Crippen LogP contribution in [0.3, 0.4) is 0 Å². The molecule has 40 heavy (non-hydrogen) atoms. The van der Waals surface area contributed by atoms with E-state index >= 15 is 0 Å². The molecular formula is C29H35N3O6S2. The number of amides is 1. The van der Waals surface area contributed by atoms with Crippen molar-refractivity contribution in [3.63, 3.8) is 0 Å². The highest BCUT2D eigenvalue weighted by molar-refractivity contribution is 7.92. The summed E-state index contributed by atoms with van der Waals surface area (Å²) in [6.45, 7) is 5.90. The van der Waals surface area contributed by atoms with Crippen molar-refractivity contribution in [2.45, 2.75) is 49.8 Å². The molecule has 0 spiro atoms. The van der Waals surface area contributed by atoms with E-state index in [0.29, 0.717) is 24.3 Å². The number of carbonyl (C=O) groups excluding carboxylic acids is 1. The number of ether oxygens (including phenoxy) is 1. The molecule has 0 aliphatic carbocycles. The van der Waals surface area contributed by atoms with Gasteiger partial charge in [0.1, 0.15) is 12.3 Å². The molecular weight excluding hydrogens is 550 g/mol. The van der Waals surface area contributed by atoms with Gasteiger partial charge in [-0.3, -0.25) is 9.10 Å². The van der Waals surface area contributed by atoms with Gasteiger partial charge in [-0.25, -0.2) is 16.8 Å². The van der Waals surface area contributed by atoms with Crippen molar-refractivity contribution in [1.29, 1.82) is 0 Å². The van der Waals surface area contributed by atoms with Gasteiger partial charge in [0.05, 0.1) is 28.3 Å². The summed E-state index contributed by atoms with van der Waals surface area (Å²) < 4.78 is 62.0. The Morgan fingerprint density at radius 1 is 0.850 bits per heavy atom. The average molecular weight is 586 g/mol. The van der Waals surface area contributed by atoms with Gasteiger partial charge < -0.3 is 10.1 Å². The van der Waals surface area contributed by atoms with Crippen LogP contribution in [0.4, 0.5) is 11.4 Å². The van der Waals surface area contributed by atoms with Gasteiger partial charge in [-0.1, -0.05) is 41.8 Å². The van der Waals surface area contributed by atoms with Crippen molar-refractivity contribution < 1.29 is 26.4 Å². The highest BCUT2D eigenvalue weighted by Crippen LogP contribution is 2.31. The van der Waals surface area contributed by atoms with Crippen LogP contribution in [0.2, 0.25) is 0 Å². The molecule has 9 nitrogen and oxygen atoms in total. The number of hydrogen-bond acceptors (Lipinski definition) is 6. The predicted molar refractivity (Wildman–Crippen MR) is 156 cm³/mol. The van der Waals surface area contributed by atoms with Crippen LogP contribution in [0, 0.1) is 20.8 Å². The maximum Gasteiger partial charge on any atom is 0.264 e. The minimum Gasteiger partial charge on any atom is -0.495 e. The first-order chi connectivity index (χ1) is 18.9. The van der Waals surface area contributed by atoms with Crippen LogP contribution in [-0.4, -0.2) is 53.8 Å². The number of rotatable bonds is 9. The van der Waals surface area contributed by atoms with Crippen LogP contribution in [0.1, 0.15) is 36.0 Å². The number of carbonyl (C=O) groups is 1. The third-order valence-corrected chi connectivity index (χ3v) is 10.6. The summed E-state index contributed by atoms with van der Waals surface area (Å²) in [7, 11) is -6.47. The van der Waals surface area contributed by atoms with E-state index in [2.05, 4.69) is 5.32 Å². The summed E-state index contributed by atoms with van der Waals surface area (Å²) in [4.78, 5) is 13.5. The lowest BCUT2D eigenvalue weighted by atomic mass is 10.1. The topological polar surface area (TPSA) is 113 Å². The molecule has 1 saturated heterocycles. The van der Waals surface area contributed by atoms with Crippen LogP contribution >= 0.6 is 0 Å². The molecule has 4 rings (SSSR count). The second kappa shape index (κ2) is 12.0. The summed E-state index contributed by atoms with van der Waals surface area (Å²) in [5, 5.41) is 2.69. The van der Waals surface area contributed by atoms with Crippen molar-refractivity contribution in [1.82, 2.24) is 4.31 Å². The van der Waals surface area contributed by atoms with Gasteiger partial charge in [0.15, 0.2) is 0 Å². The molecule has 11 heteroatoms. The van der Waals surface area contributed by atoms with Gasteiger partial charge in [0, 0.05) is 13.1 Å². The Morgan fingerprint density at radius 2 is 1.48 bits per heavy atom. The van der Waals surface area contributed by atoms with Crippen LogP contribution < -0.4 is 14.4 Å². The molecule has 1 fully saturated rings. The molecule has 1 amide bonds. The Labute approximate surface area is 236 Å². The Morgan fingerprint density at radius 3 is 2.10 bits per heavy atom. The molecule has 0 aromatic heterocycles. The molecule has 0 saturated carbocycles. The van der Waals surface area contributed by atoms with E-state index in [-0.39, 0.29) is 21.2 Å². The summed E-state index contributed by atoms with van der Waals surface area (Å²) in [6, 6.07) is 16.0. The number of nitrogens with zero attached hydrogens (tertiary/aromatic N) is 2. The van der Waals surface area contributed by atoms with E-state index in [0.717, 1.165) is 34.7 Å². The Hall–Kier alpha value is -3.41. The van der Waals surface area contributed by atoms with Crippen molar-refractivity contribution in [2.75, 3.05) is 36.4 Å². The quantitative estimate of drug-likeness (QED) is 0.392. The van der Waals surface area contributed by atoms with Crippen LogP contribution in [0.5, 0.6) is 5.75 Å². The first kappa shape index (κ1) is 29.6. The van der Waals surface area contributed by atoms with Crippen molar-refractivity contribution in [3.05, 3.63) is 77.4 Å². The summed E-state index contributed by atoms with van der Waals surface area (Å²) in [6.07, 6.45) is 2.57. The third kappa shape index (κ3) is 6.32. The number of aryl methyl sites for hydroxylation is 3. The van der Waals surface area contributed by atoms with Crippen molar-refractivity contribution in [3.8, 4) is 5.75 Å². The van der Waals surface area contributed by atoms with Crippen LogP contribution in [-0.2, 0) is 24.8 Å². The van der Waals surface area contributed by atoms with E-state index in [4.69, 9.17) is 4.74 Å². The lowest BCUT2D eigenvalue weighted by Gasteiger charge is -2.27. The van der Waals surface area contributed by atoms with Crippen molar-refractivity contribution >= 4 is 37.3 Å². The summed E-state index contributed by atoms with van der Waals surface area (Å²) in [5.41, 5.74) is 3.06. The fourth-order valence-corrected chi connectivity index (χ4v) is 7.77. The molecule has 0 atom stereocenters. The third-order valence-electron chi connectivity index (χ3n) is 6.92. The largest absolute Gasteiger partial charge is 0.495 e. The van der Waals surface area contributed by atoms with E-state index in [9.17, 15) is 21.6 Å². The summed E-state index contributed by atoms with van der Waals surface area (Å²) >= 11 is 0. The van der Waals surface area contributed by atoms with Gasteiger partial charge in [0.2, 0.25) is 15.9 Å². The minimum absolute atomic E-state index is 0.0315. The molecule has 1 N–H and O–H groups in total. The summed E-state index contributed by atoms with van der Waals surface area (Å²) in [5.74, 6) is -0.396. The Balaban J connectivity index is 1.68. The van der Waals surface area contributed by atoms with E-state index in [1.165, 1.54) is 41.7 Å². The van der Waals surface area contributed by atoms with Crippen molar-refractivity contribution in [2.24, 2.45) is 0 Å². The molecule has 1 aliphatic heterocycles. The van der Waals surface area contributed by atoms with Gasteiger partial charge in [0.25, 0.3) is 10.0 Å². The molecule has 1 aliphatic rings. The van der Waals surface area contributed by atoms with Gasteiger partial charge in [-0.2, -0.15) is 4.31 Å². The first-order valence-electron chi connectivity index (χ1n) is 13.1. The molecule has 0 bridgehead atoms. The molecule has 3 aromatic carbocycles. The number of piperidine rings is 1. The lowest BCUT2D eigenvalue weighted by Crippen LogP contribution is -2.38. The smallest absolute Gasteiger partial charge is 0.264 e. The van der Waals surface area contributed by atoms with E-state index < -0.39 is 32.5 Å². The van der Waals surface area contributed by atoms with Gasteiger partial charge >= 0.3 is 0 Å². The number of sulfonamides is 2. The van der Waals surface area contributed by atoms with Gasteiger partial charge in [-0.15, -0.1) is 0 Å². The SMILES string of the molecule is COc1ccc(S(=O)(=O)N2CCCCC2)cc1NC(=O)CN(c1ccc(C)cc1C)S(=O)(=O)c1ccc(C)cc1. The van der Waals surface area contributed by atoms with E-state index in [1.54, 1.807) is 31.2 Å². The number of methoxy groups -OCH3 is 1. The first-order valence-corrected chi connectivity index (χ1v) is 16.0. The van der Waals surface area contributed by atoms with E-state index in [1.807, 2.05) is 19.9 Å². The number of nitrogens with one attached hydrogen (secondary N) is 1. The zero-order valence-electron chi connectivity index (χ0n) is 23.2. The molecule has 214 valence electrons. The second-order valence-corrected chi connectivity index (χ2v) is 13.8. The lowest BCUT2D eigenvalue weighted by molar-refractivity contribution is -0.114. The average Bonchev–Trinajstić information content (AvgIpc) is 2.92. The fraction of sp³-hybridized carbons (Fsp3) is 0.345. The predicted octanol–water partition coefficient (Wildman–Crippen LogP) is 4.63.